The van der Waals surface area contributed by atoms with Crippen molar-refractivity contribution < 1.29 is 5.11 Å². The molecule has 0 heterocycles. The Bertz CT molecular complexity index is 300. The molecule has 0 bridgehead atoms. The minimum absolute atomic E-state index is 0.0806. The van der Waals surface area contributed by atoms with Crippen LogP contribution in [0.5, 0.6) is 0 Å². The maximum atomic E-state index is 10.3. The second-order valence-electron chi connectivity index (χ2n) is 4.68. The zero-order chi connectivity index (χ0) is 10.7. The zero-order valence-corrected chi connectivity index (χ0v) is 9.45. The summed E-state index contributed by atoms with van der Waals surface area (Å²) in [7, 11) is 0. The summed E-state index contributed by atoms with van der Waals surface area (Å²) in [6.45, 7) is 2.14. The third-order valence-electron chi connectivity index (χ3n) is 3.79. The summed E-state index contributed by atoms with van der Waals surface area (Å²) >= 11 is 0. The number of aliphatic hydroxyl groups excluding tert-OH is 1. The van der Waals surface area contributed by atoms with Crippen molar-refractivity contribution in [1.82, 2.24) is 0 Å². The van der Waals surface area contributed by atoms with E-state index in [2.05, 4.69) is 31.2 Å². The molecule has 1 aliphatic rings. The molecule has 1 fully saturated rings. The fourth-order valence-corrected chi connectivity index (χ4v) is 2.69. The maximum absolute atomic E-state index is 10.3. The van der Waals surface area contributed by atoms with Gasteiger partial charge in [-0.3, -0.25) is 0 Å². The van der Waals surface area contributed by atoms with E-state index in [4.69, 9.17) is 0 Å². The molecular formula is C14H20O. The molecule has 0 saturated heterocycles. The molecule has 82 valence electrons. The summed E-state index contributed by atoms with van der Waals surface area (Å²) in [6.07, 6.45) is 5.40. The Balaban J connectivity index is 2.22. The van der Waals surface area contributed by atoms with E-state index in [1.54, 1.807) is 0 Å². The van der Waals surface area contributed by atoms with Gasteiger partial charge in [-0.05, 0) is 24.8 Å². The molecule has 15 heavy (non-hydrogen) atoms. The summed E-state index contributed by atoms with van der Waals surface area (Å²) in [5, 5.41) is 10.3. The summed E-state index contributed by atoms with van der Waals surface area (Å²) in [6, 6.07) is 10.5. The maximum Gasteiger partial charge on any atom is 0.0636 e. The lowest BCUT2D eigenvalue weighted by Gasteiger charge is -2.46. The minimum Gasteiger partial charge on any atom is -0.392 e. The molecule has 1 saturated carbocycles. The standard InChI is InChI=1S/C14H20O/c1-2-7-13(15)14(10-6-11-14)12-8-4-3-5-9-12/h3-5,8-9,13,15H,2,6-7,10-11H2,1H3/t13-/m0/s1. The number of hydrogen-bond donors (Lipinski definition) is 1. The van der Waals surface area contributed by atoms with Gasteiger partial charge in [0.25, 0.3) is 0 Å². The summed E-state index contributed by atoms with van der Waals surface area (Å²) in [4.78, 5) is 0. The van der Waals surface area contributed by atoms with Crippen LogP contribution in [-0.4, -0.2) is 11.2 Å². The minimum atomic E-state index is -0.154. The highest BCUT2D eigenvalue weighted by atomic mass is 16.3. The Morgan fingerprint density at radius 1 is 1.27 bits per heavy atom. The van der Waals surface area contributed by atoms with Crippen molar-refractivity contribution in [2.75, 3.05) is 0 Å². The van der Waals surface area contributed by atoms with Gasteiger partial charge >= 0.3 is 0 Å². The number of rotatable bonds is 4. The van der Waals surface area contributed by atoms with Gasteiger partial charge in [-0.2, -0.15) is 0 Å². The van der Waals surface area contributed by atoms with Gasteiger partial charge in [0.05, 0.1) is 6.10 Å². The number of hydrogen-bond acceptors (Lipinski definition) is 1. The molecular weight excluding hydrogens is 184 g/mol. The van der Waals surface area contributed by atoms with Crippen LogP contribution in [-0.2, 0) is 5.41 Å². The van der Waals surface area contributed by atoms with Crippen LogP contribution in [0.1, 0.15) is 44.6 Å². The molecule has 0 aliphatic heterocycles. The predicted molar refractivity (Wildman–Crippen MR) is 62.9 cm³/mol. The van der Waals surface area contributed by atoms with Crippen molar-refractivity contribution in [3.05, 3.63) is 35.9 Å². The van der Waals surface area contributed by atoms with Crippen LogP contribution in [0, 0.1) is 0 Å². The molecule has 1 nitrogen and oxygen atoms in total. The van der Waals surface area contributed by atoms with Crippen molar-refractivity contribution in [2.45, 2.75) is 50.5 Å². The average molecular weight is 204 g/mol. The van der Waals surface area contributed by atoms with Crippen LogP contribution in [0.25, 0.3) is 0 Å². The lowest BCUT2D eigenvalue weighted by atomic mass is 9.60. The third-order valence-corrected chi connectivity index (χ3v) is 3.79. The first kappa shape index (κ1) is 10.7. The van der Waals surface area contributed by atoms with Crippen LogP contribution in [0.3, 0.4) is 0 Å². The normalized spacial score (nSPS) is 20.7. The lowest BCUT2D eigenvalue weighted by molar-refractivity contribution is 0.0218. The van der Waals surface area contributed by atoms with Gasteiger partial charge in [-0.15, -0.1) is 0 Å². The zero-order valence-electron chi connectivity index (χ0n) is 9.45. The van der Waals surface area contributed by atoms with Gasteiger partial charge in [-0.25, -0.2) is 0 Å². The monoisotopic (exact) mass is 204 g/mol. The van der Waals surface area contributed by atoms with Gasteiger partial charge in [0.1, 0.15) is 0 Å². The SMILES string of the molecule is CCC[C@H](O)C1(c2ccccc2)CCC1. The highest BCUT2D eigenvalue weighted by Gasteiger charge is 2.44. The van der Waals surface area contributed by atoms with E-state index in [-0.39, 0.29) is 11.5 Å². The van der Waals surface area contributed by atoms with Crippen LogP contribution in [0.4, 0.5) is 0 Å². The van der Waals surface area contributed by atoms with Crippen molar-refractivity contribution in [2.24, 2.45) is 0 Å². The first-order chi connectivity index (χ1) is 7.29. The summed E-state index contributed by atoms with van der Waals surface area (Å²) in [5.41, 5.74) is 1.41. The Labute approximate surface area is 92.1 Å². The van der Waals surface area contributed by atoms with E-state index >= 15 is 0 Å². The molecule has 0 unspecified atom stereocenters. The average Bonchev–Trinajstić information content (AvgIpc) is 2.18. The van der Waals surface area contributed by atoms with Crippen LogP contribution < -0.4 is 0 Å². The Hall–Kier alpha value is -0.820. The number of benzene rings is 1. The Kier molecular flexibility index (Phi) is 3.11. The lowest BCUT2D eigenvalue weighted by Crippen LogP contribution is -2.45. The van der Waals surface area contributed by atoms with E-state index < -0.39 is 0 Å². The molecule has 1 heteroatoms. The Morgan fingerprint density at radius 3 is 2.40 bits per heavy atom. The Morgan fingerprint density at radius 2 is 1.93 bits per heavy atom. The van der Waals surface area contributed by atoms with Gasteiger partial charge in [-0.1, -0.05) is 50.1 Å². The highest BCUT2D eigenvalue weighted by Crippen LogP contribution is 2.47. The highest BCUT2D eigenvalue weighted by molar-refractivity contribution is 5.29. The molecule has 0 spiro atoms. The smallest absolute Gasteiger partial charge is 0.0636 e. The molecule has 2 rings (SSSR count). The van der Waals surface area contributed by atoms with Crippen molar-refractivity contribution in [1.29, 1.82) is 0 Å². The largest absolute Gasteiger partial charge is 0.392 e. The second-order valence-corrected chi connectivity index (χ2v) is 4.68. The van der Waals surface area contributed by atoms with Crippen molar-refractivity contribution in [3.8, 4) is 0 Å². The molecule has 0 aromatic heterocycles. The van der Waals surface area contributed by atoms with E-state index in [9.17, 15) is 5.11 Å². The predicted octanol–water partition coefficient (Wildman–Crippen LogP) is 3.27. The number of aliphatic hydroxyl groups is 1. The van der Waals surface area contributed by atoms with Gasteiger partial charge in [0, 0.05) is 5.41 Å². The first-order valence-corrected chi connectivity index (χ1v) is 6.03. The molecule has 1 aliphatic carbocycles. The van der Waals surface area contributed by atoms with E-state index in [0.29, 0.717) is 0 Å². The first-order valence-electron chi connectivity index (χ1n) is 6.03. The molecule has 0 amide bonds. The van der Waals surface area contributed by atoms with Crippen molar-refractivity contribution >= 4 is 0 Å². The van der Waals surface area contributed by atoms with Crippen LogP contribution >= 0.6 is 0 Å². The van der Waals surface area contributed by atoms with Gasteiger partial charge in [0.15, 0.2) is 0 Å². The van der Waals surface area contributed by atoms with Crippen molar-refractivity contribution in [3.63, 3.8) is 0 Å². The molecule has 1 N–H and O–H groups in total. The quantitative estimate of drug-likeness (QED) is 0.798. The van der Waals surface area contributed by atoms with Gasteiger partial charge in [0.2, 0.25) is 0 Å². The molecule has 1 aromatic carbocycles. The topological polar surface area (TPSA) is 20.2 Å². The molecule has 1 atom stereocenters. The van der Waals surface area contributed by atoms with E-state index in [0.717, 1.165) is 25.7 Å². The summed E-state index contributed by atoms with van der Waals surface area (Å²) in [5.74, 6) is 0. The third kappa shape index (κ3) is 1.81. The molecule has 1 aromatic rings. The van der Waals surface area contributed by atoms with Crippen LogP contribution in [0.15, 0.2) is 30.3 Å². The fourth-order valence-electron chi connectivity index (χ4n) is 2.69. The van der Waals surface area contributed by atoms with E-state index in [1.807, 2.05) is 6.07 Å². The van der Waals surface area contributed by atoms with Gasteiger partial charge < -0.3 is 5.11 Å². The second kappa shape index (κ2) is 4.36. The van der Waals surface area contributed by atoms with E-state index in [1.165, 1.54) is 12.0 Å². The molecule has 0 radical (unpaired) electrons. The summed E-state index contributed by atoms with van der Waals surface area (Å²) < 4.78 is 0. The van der Waals surface area contributed by atoms with Crippen LogP contribution in [0.2, 0.25) is 0 Å². The fraction of sp³-hybridized carbons (Fsp3) is 0.571.